The van der Waals surface area contributed by atoms with Gasteiger partial charge in [-0.15, -0.1) is 0 Å². The van der Waals surface area contributed by atoms with Crippen molar-refractivity contribution in [2.45, 2.75) is 56.0 Å². The van der Waals surface area contributed by atoms with Gasteiger partial charge in [-0.2, -0.15) is 0 Å². The van der Waals surface area contributed by atoms with Crippen molar-refractivity contribution in [3.05, 3.63) is 0 Å². The van der Waals surface area contributed by atoms with Crippen LogP contribution in [0.3, 0.4) is 0 Å². The highest BCUT2D eigenvalue weighted by molar-refractivity contribution is 5.84. The number of epoxide rings is 1. The lowest BCUT2D eigenvalue weighted by atomic mass is 9.84. The molecule has 0 saturated carbocycles. The molecule has 3 rings (SSSR count). The third-order valence-corrected chi connectivity index (χ3v) is 4.19. The fourth-order valence-corrected chi connectivity index (χ4v) is 3.21. The Morgan fingerprint density at radius 2 is 2.20 bits per heavy atom. The van der Waals surface area contributed by atoms with Gasteiger partial charge in [0.05, 0.1) is 19.3 Å². The number of carbonyl (C=O) groups excluding carboxylic acids is 1. The molecule has 0 aliphatic carbocycles. The molecule has 0 aromatic carbocycles. The SMILES string of the molecule is COC(=O)C1(C)OC12CCC1CCC2O1. The molecule has 0 amide bonds. The fraction of sp³-hybridized carbons (Fsp3) is 0.909. The van der Waals surface area contributed by atoms with Crippen LogP contribution in [0.2, 0.25) is 0 Å². The second-order valence-corrected chi connectivity index (χ2v) is 4.88. The maximum atomic E-state index is 11.6. The molecule has 0 aromatic heterocycles. The summed E-state index contributed by atoms with van der Waals surface area (Å²) < 4.78 is 16.3. The molecular formula is C11H16O4. The Hall–Kier alpha value is -0.610. The number of methoxy groups -OCH3 is 1. The van der Waals surface area contributed by atoms with E-state index in [2.05, 4.69) is 0 Å². The van der Waals surface area contributed by atoms with E-state index in [0.29, 0.717) is 6.10 Å². The van der Waals surface area contributed by atoms with Gasteiger partial charge in [-0.3, -0.25) is 0 Å². The minimum Gasteiger partial charge on any atom is -0.467 e. The van der Waals surface area contributed by atoms with Gasteiger partial charge in [0, 0.05) is 0 Å². The first-order chi connectivity index (χ1) is 7.12. The van der Waals surface area contributed by atoms with E-state index >= 15 is 0 Å². The summed E-state index contributed by atoms with van der Waals surface area (Å²) in [5.74, 6) is -0.267. The third kappa shape index (κ3) is 1.01. The molecule has 4 atom stereocenters. The van der Waals surface area contributed by atoms with Crippen LogP contribution in [-0.2, 0) is 19.0 Å². The average Bonchev–Trinajstić information content (AvgIpc) is 2.68. The summed E-state index contributed by atoms with van der Waals surface area (Å²) in [6.45, 7) is 1.82. The Balaban J connectivity index is 1.86. The highest BCUT2D eigenvalue weighted by atomic mass is 16.7. The van der Waals surface area contributed by atoms with E-state index in [1.165, 1.54) is 7.11 Å². The summed E-state index contributed by atoms with van der Waals surface area (Å²) >= 11 is 0. The van der Waals surface area contributed by atoms with Crippen molar-refractivity contribution >= 4 is 5.97 Å². The molecule has 3 aliphatic heterocycles. The van der Waals surface area contributed by atoms with E-state index in [1.807, 2.05) is 6.92 Å². The van der Waals surface area contributed by atoms with Crippen molar-refractivity contribution in [2.75, 3.05) is 7.11 Å². The zero-order chi connectivity index (χ0) is 10.7. The lowest BCUT2D eigenvalue weighted by Crippen LogP contribution is -2.44. The Morgan fingerprint density at radius 1 is 1.40 bits per heavy atom. The van der Waals surface area contributed by atoms with E-state index in [9.17, 15) is 4.79 Å². The van der Waals surface area contributed by atoms with Crippen LogP contribution in [0, 0.1) is 0 Å². The second kappa shape index (κ2) is 2.74. The first-order valence-corrected chi connectivity index (χ1v) is 5.56. The van der Waals surface area contributed by atoms with Gasteiger partial charge in [-0.05, 0) is 32.6 Å². The zero-order valence-electron chi connectivity index (χ0n) is 9.12. The molecule has 15 heavy (non-hydrogen) atoms. The molecule has 0 N–H and O–H groups in total. The lowest BCUT2D eigenvalue weighted by molar-refractivity contribution is -0.146. The third-order valence-electron chi connectivity index (χ3n) is 4.19. The van der Waals surface area contributed by atoms with Crippen LogP contribution < -0.4 is 0 Å². The molecule has 3 fully saturated rings. The molecule has 84 valence electrons. The monoisotopic (exact) mass is 212 g/mol. The first kappa shape index (κ1) is 9.60. The van der Waals surface area contributed by atoms with Crippen LogP contribution in [0.5, 0.6) is 0 Å². The molecule has 0 aromatic rings. The molecule has 0 radical (unpaired) electrons. The van der Waals surface area contributed by atoms with Crippen LogP contribution in [0.25, 0.3) is 0 Å². The van der Waals surface area contributed by atoms with Gasteiger partial charge in [-0.25, -0.2) is 4.79 Å². The molecule has 3 heterocycles. The molecule has 4 unspecified atom stereocenters. The number of hydrogen-bond donors (Lipinski definition) is 0. The van der Waals surface area contributed by atoms with Gasteiger partial charge >= 0.3 is 5.97 Å². The van der Waals surface area contributed by atoms with Gasteiger partial charge in [0.15, 0.2) is 5.60 Å². The smallest absolute Gasteiger partial charge is 0.341 e. The maximum Gasteiger partial charge on any atom is 0.341 e. The Bertz CT molecular complexity index is 316. The molecule has 3 aliphatic rings. The Labute approximate surface area is 88.9 Å². The van der Waals surface area contributed by atoms with Crippen molar-refractivity contribution in [3.63, 3.8) is 0 Å². The van der Waals surface area contributed by atoms with Gasteiger partial charge in [0.2, 0.25) is 0 Å². The normalized spacial score (nSPS) is 51.9. The zero-order valence-corrected chi connectivity index (χ0v) is 9.12. The van der Waals surface area contributed by atoms with Crippen molar-refractivity contribution in [1.29, 1.82) is 0 Å². The van der Waals surface area contributed by atoms with E-state index in [4.69, 9.17) is 14.2 Å². The Morgan fingerprint density at radius 3 is 2.93 bits per heavy atom. The molecule has 1 spiro atoms. The molecule has 3 saturated heterocycles. The number of carbonyl (C=O) groups is 1. The summed E-state index contributed by atoms with van der Waals surface area (Å²) in [5.41, 5.74) is -1.14. The molecule has 2 bridgehead atoms. The van der Waals surface area contributed by atoms with Crippen molar-refractivity contribution in [2.24, 2.45) is 0 Å². The van der Waals surface area contributed by atoms with Gasteiger partial charge in [-0.1, -0.05) is 0 Å². The van der Waals surface area contributed by atoms with Gasteiger partial charge < -0.3 is 14.2 Å². The van der Waals surface area contributed by atoms with Crippen LogP contribution in [0.4, 0.5) is 0 Å². The predicted molar refractivity (Wildman–Crippen MR) is 51.4 cm³/mol. The summed E-state index contributed by atoms with van der Waals surface area (Å²) in [6.07, 6.45) is 4.54. The Kier molecular flexibility index (Phi) is 1.75. The van der Waals surface area contributed by atoms with Crippen LogP contribution in [-0.4, -0.2) is 36.5 Å². The number of hydrogen-bond acceptors (Lipinski definition) is 4. The number of ether oxygens (including phenoxy) is 3. The number of fused-ring (bicyclic) bond motifs is 3. The summed E-state index contributed by atoms with van der Waals surface area (Å²) in [4.78, 5) is 11.6. The minimum absolute atomic E-state index is 0.0975. The minimum atomic E-state index is -0.762. The van der Waals surface area contributed by atoms with Crippen LogP contribution in [0.1, 0.15) is 32.6 Å². The first-order valence-electron chi connectivity index (χ1n) is 5.56. The summed E-state index contributed by atoms with van der Waals surface area (Å²) in [7, 11) is 1.41. The molecule has 4 heteroatoms. The molecular weight excluding hydrogens is 196 g/mol. The highest BCUT2D eigenvalue weighted by Gasteiger charge is 2.77. The highest BCUT2D eigenvalue weighted by Crippen LogP contribution is 2.60. The van der Waals surface area contributed by atoms with Crippen LogP contribution >= 0.6 is 0 Å². The summed E-state index contributed by atoms with van der Waals surface area (Å²) in [5, 5.41) is 0. The van der Waals surface area contributed by atoms with E-state index in [0.717, 1.165) is 25.7 Å². The fourth-order valence-electron chi connectivity index (χ4n) is 3.21. The standard InChI is InChI=1S/C11H16O4/c1-10(9(12)13-2)11(15-10)6-5-7-3-4-8(11)14-7/h7-8H,3-6H2,1-2H3. The van der Waals surface area contributed by atoms with E-state index in [1.54, 1.807) is 0 Å². The average molecular weight is 212 g/mol. The van der Waals surface area contributed by atoms with E-state index < -0.39 is 5.60 Å². The second-order valence-electron chi connectivity index (χ2n) is 4.88. The number of esters is 1. The maximum absolute atomic E-state index is 11.6. The van der Waals surface area contributed by atoms with Crippen molar-refractivity contribution in [3.8, 4) is 0 Å². The van der Waals surface area contributed by atoms with E-state index in [-0.39, 0.29) is 17.7 Å². The van der Waals surface area contributed by atoms with Crippen molar-refractivity contribution in [1.82, 2.24) is 0 Å². The quantitative estimate of drug-likeness (QED) is 0.481. The topological polar surface area (TPSA) is 48.1 Å². The van der Waals surface area contributed by atoms with Crippen LogP contribution in [0.15, 0.2) is 0 Å². The van der Waals surface area contributed by atoms with Gasteiger partial charge in [0.25, 0.3) is 0 Å². The predicted octanol–water partition coefficient (Wildman–Crippen LogP) is 1.03. The number of rotatable bonds is 1. The van der Waals surface area contributed by atoms with Crippen molar-refractivity contribution < 1.29 is 19.0 Å². The molecule has 4 nitrogen and oxygen atoms in total. The van der Waals surface area contributed by atoms with Gasteiger partial charge in [0.1, 0.15) is 5.60 Å². The largest absolute Gasteiger partial charge is 0.467 e. The lowest BCUT2D eigenvalue weighted by Gasteiger charge is -2.28. The summed E-state index contributed by atoms with van der Waals surface area (Å²) in [6, 6.07) is 0.